The quantitative estimate of drug-likeness (QED) is 0.0233. The molecule has 1 saturated heterocycles. The fourth-order valence-corrected chi connectivity index (χ4v) is 8.08. The van der Waals surface area contributed by atoms with Crippen LogP contribution in [0.3, 0.4) is 0 Å². The molecule has 0 aromatic rings. The Morgan fingerprint density at radius 2 is 0.952 bits per heavy atom. The van der Waals surface area contributed by atoms with Crippen molar-refractivity contribution in [1.82, 2.24) is 5.32 Å². The summed E-state index contributed by atoms with van der Waals surface area (Å²) in [4.78, 5) is 13.1. The average Bonchev–Trinajstić information content (AvgIpc) is 3.27. The first kappa shape index (κ1) is 58.4. The number of aliphatic hydroxyl groups excluding tert-OH is 6. The summed E-state index contributed by atoms with van der Waals surface area (Å²) in [6.45, 7) is 3.56. The van der Waals surface area contributed by atoms with Crippen molar-refractivity contribution in [3.05, 3.63) is 36.5 Å². The second-order valence-electron chi connectivity index (χ2n) is 18.1. The van der Waals surface area contributed by atoms with Crippen LogP contribution >= 0.6 is 0 Å². The van der Waals surface area contributed by atoms with Gasteiger partial charge in [0.2, 0.25) is 5.91 Å². The van der Waals surface area contributed by atoms with Crippen LogP contribution in [0.15, 0.2) is 36.5 Å². The van der Waals surface area contributed by atoms with E-state index < -0.39 is 61.5 Å². The molecule has 7 N–H and O–H groups in total. The highest BCUT2D eigenvalue weighted by atomic mass is 16.7. The van der Waals surface area contributed by atoms with Crippen LogP contribution in [0.25, 0.3) is 0 Å². The van der Waals surface area contributed by atoms with Gasteiger partial charge in [-0.25, -0.2) is 0 Å². The second-order valence-corrected chi connectivity index (χ2v) is 18.1. The number of ether oxygens (including phenoxy) is 2. The Balaban J connectivity index is 2.29. The molecule has 0 aliphatic carbocycles. The van der Waals surface area contributed by atoms with Gasteiger partial charge in [0, 0.05) is 0 Å². The van der Waals surface area contributed by atoms with Crippen LogP contribution in [0, 0.1) is 0 Å². The number of carbonyl (C=O) groups excluding carboxylic acids is 1. The van der Waals surface area contributed by atoms with Crippen LogP contribution in [0.1, 0.15) is 226 Å². The fraction of sp³-hybridized carbons (Fsp3) is 0.865. The predicted octanol–water partition coefficient (Wildman–Crippen LogP) is 10.6. The lowest BCUT2D eigenvalue weighted by atomic mass is 9.99. The molecule has 10 nitrogen and oxygen atoms in total. The molecule has 1 heterocycles. The van der Waals surface area contributed by atoms with E-state index in [1.165, 1.54) is 148 Å². The predicted molar refractivity (Wildman–Crippen MR) is 255 cm³/mol. The monoisotopic (exact) mass is 880 g/mol. The molecule has 1 fully saturated rings. The summed E-state index contributed by atoms with van der Waals surface area (Å²) in [7, 11) is 0. The molecular weight excluding hydrogens is 783 g/mol. The number of amides is 1. The van der Waals surface area contributed by atoms with Crippen LogP contribution in [0.2, 0.25) is 0 Å². The zero-order chi connectivity index (χ0) is 45.3. The first-order valence-corrected chi connectivity index (χ1v) is 25.8. The second kappa shape index (κ2) is 42.0. The highest BCUT2D eigenvalue weighted by Crippen LogP contribution is 2.23. The molecular formula is C52H97NO9. The molecule has 364 valence electrons. The van der Waals surface area contributed by atoms with Gasteiger partial charge in [-0.05, 0) is 44.9 Å². The number of unbranched alkanes of at least 4 members (excludes halogenated alkanes) is 28. The molecule has 0 saturated carbocycles. The Kier molecular flexibility index (Phi) is 39.6. The molecule has 62 heavy (non-hydrogen) atoms. The Labute approximate surface area is 379 Å². The molecule has 8 unspecified atom stereocenters. The van der Waals surface area contributed by atoms with Crippen LogP contribution in [0.5, 0.6) is 0 Å². The minimum atomic E-state index is -1.62. The third-order valence-corrected chi connectivity index (χ3v) is 12.3. The fourth-order valence-electron chi connectivity index (χ4n) is 8.08. The third-order valence-electron chi connectivity index (χ3n) is 12.3. The van der Waals surface area contributed by atoms with Crippen LogP contribution in [-0.2, 0) is 14.3 Å². The van der Waals surface area contributed by atoms with E-state index in [9.17, 15) is 35.4 Å². The zero-order valence-electron chi connectivity index (χ0n) is 39.7. The van der Waals surface area contributed by atoms with E-state index in [0.29, 0.717) is 19.3 Å². The molecule has 0 aromatic heterocycles. The summed E-state index contributed by atoms with van der Waals surface area (Å²) in [6.07, 6.45) is 42.5. The van der Waals surface area contributed by atoms with E-state index >= 15 is 0 Å². The van der Waals surface area contributed by atoms with Crippen LogP contribution in [-0.4, -0.2) is 98.7 Å². The first-order chi connectivity index (χ1) is 30.3. The topological polar surface area (TPSA) is 169 Å². The van der Waals surface area contributed by atoms with E-state index in [1.807, 2.05) is 6.08 Å². The largest absolute Gasteiger partial charge is 0.394 e. The van der Waals surface area contributed by atoms with E-state index in [4.69, 9.17) is 9.47 Å². The number of nitrogens with one attached hydrogen (secondary N) is 1. The van der Waals surface area contributed by atoms with Gasteiger partial charge in [-0.3, -0.25) is 4.79 Å². The van der Waals surface area contributed by atoms with Crippen molar-refractivity contribution in [2.45, 2.75) is 275 Å². The van der Waals surface area contributed by atoms with Crippen molar-refractivity contribution in [2.75, 3.05) is 13.2 Å². The molecule has 0 spiro atoms. The Bertz CT molecular complexity index is 1080. The molecule has 0 radical (unpaired) electrons. The van der Waals surface area contributed by atoms with Crippen molar-refractivity contribution < 1.29 is 44.9 Å². The van der Waals surface area contributed by atoms with Gasteiger partial charge in [-0.15, -0.1) is 0 Å². The van der Waals surface area contributed by atoms with Gasteiger partial charge in [0.1, 0.15) is 30.5 Å². The maximum absolute atomic E-state index is 13.1. The van der Waals surface area contributed by atoms with Crippen molar-refractivity contribution in [1.29, 1.82) is 0 Å². The third kappa shape index (κ3) is 31.3. The average molecular weight is 880 g/mol. The molecule has 1 aliphatic rings. The van der Waals surface area contributed by atoms with Crippen molar-refractivity contribution in [3.63, 3.8) is 0 Å². The minimum Gasteiger partial charge on any atom is -0.394 e. The van der Waals surface area contributed by atoms with Crippen molar-refractivity contribution in [3.8, 4) is 0 Å². The summed E-state index contributed by atoms with van der Waals surface area (Å²) in [5.41, 5.74) is 0. The Morgan fingerprint density at radius 1 is 0.548 bits per heavy atom. The van der Waals surface area contributed by atoms with Gasteiger partial charge in [0.25, 0.3) is 0 Å². The smallest absolute Gasteiger partial charge is 0.249 e. The van der Waals surface area contributed by atoms with Crippen LogP contribution < -0.4 is 5.32 Å². The van der Waals surface area contributed by atoms with Gasteiger partial charge < -0.3 is 45.4 Å². The van der Waals surface area contributed by atoms with Gasteiger partial charge >= 0.3 is 0 Å². The van der Waals surface area contributed by atoms with Crippen LogP contribution in [0.4, 0.5) is 0 Å². The SMILES string of the molecule is CCCCC/C=C/CC/C=C/CC/C=C/C(O)C(COC1OC(CO)C(O)C(O)C1O)NC(=O)C(O)CCCCCCCCCCCCCCCCCCCCCCCCCC. The number of rotatable bonds is 43. The molecule has 8 atom stereocenters. The summed E-state index contributed by atoms with van der Waals surface area (Å²) in [5, 5.41) is 64.7. The van der Waals surface area contributed by atoms with E-state index in [-0.39, 0.29) is 6.61 Å². The highest BCUT2D eigenvalue weighted by Gasteiger charge is 2.44. The van der Waals surface area contributed by atoms with Gasteiger partial charge in [0.05, 0.1) is 25.4 Å². The maximum Gasteiger partial charge on any atom is 0.249 e. The summed E-state index contributed by atoms with van der Waals surface area (Å²) < 4.78 is 11.1. The normalized spacial score (nSPS) is 21.1. The highest BCUT2D eigenvalue weighted by molar-refractivity contribution is 5.80. The first-order valence-electron chi connectivity index (χ1n) is 25.8. The summed E-state index contributed by atoms with van der Waals surface area (Å²) >= 11 is 0. The number of hydrogen-bond acceptors (Lipinski definition) is 9. The number of allylic oxidation sites excluding steroid dienone is 5. The van der Waals surface area contributed by atoms with Gasteiger partial charge in [0.15, 0.2) is 6.29 Å². The molecule has 1 rings (SSSR count). The van der Waals surface area contributed by atoms with Crippen molar-refractivity contribution >= 4 is 5.91 Å². The Morgan fingerprint density at radius 3 is 1.40 bits per heavy atom. The minimum absolute atomic E-state index is 0.304. The van der Waals surface area contributed by atoms with E-state index in [1.54, 1.807) is 6.08 Å². The summed E-state index contributed by atoms with van der Waals surface area (Å²) in [6, 6.07) is -1.00. The lowest BCUT2D eigenvalue weighted by Gasteiger charge is -2.40. The van der Waals surface area contributed by atoms with Crippen molar-refractivity contribution in [2.24, 2.45) is 0 Å². The number of carbonyl (C=O) groups is 1. The Hall–Kier alpha value is -1.63. The standard InChI is InChI=1S/C52H97NO9/c1-3-5-7-9-11-13-15-17-18-19-20-21-22-23-24-25-26-27-29-31-33-35-37-39-41-46(56)51(60)53-44(43-61-52-50(59)49(58)48(57)47(42-54)62-52)45(55)40-38-36-34-32-30-28-16-14-12-10-8-6-4-2/h12,14,30,32,38,40,44-50,52,54-59H,3-11,13,15-29,31,33-37,39,41-43H2,1-2H3,(H,53,60)/b14-12+,32-30+,40-38+. The zero-order valence-corrected chi connectivity index (χ0v) is 39.7. The molecule has 0 bridgehead atoms. The number of aliphatic hydroxyl groups is 6. The molecule has 1 aliphatic heterocycles. The lowest BCUT2D eigenvalue weighted by molar-refractivity contribution is -0.302. The van der Waals surface area contributed by atoms with Gasteiger partial charge in [-0.2, -0.15) is 0 Å². The van der Waals surface area contributed by atoms with E-state index in [2.05, 4.69) is 43.5 Å². The summed E-state index contributed by atoms with van der Waals surface area (Å²) in [5.74, 6) is -0.628. The molecule has 1 amide bonds. The van der Waals surface area contributed by atoms with E-state index in [0.717, 1.165) is 44.9 Å². The van der Waals surface area contributed by atoms with Gasteiger partial charge in [-0.1, -0.05) is 217 Å². The lowest BCUT2D eigenvalue weighted by Crippen LogP contribution is -2.60. The maximum atomic E-state index is 13.1. The number of hydrogen-bond donors (Lipinski definition) is 7. The molecule has 10 heteroatoms. The molecule has 0 aromatic carbocycles.